The SMILES string of the molecule is NC(=O)c1nc(Cn2nc(-c3ccc(Cl)cc3)n(C[C@H](OP(=O)([O-])O)C(F)(F)F)c2=O)nn1-c1ncccc1C(F)(F)F.[Li+]. The van der Waals surface area contributed by atoms with Crippen molar-refractivity contribution in [1.29, 1.82) is 0 Å². The summed E-state index contributed by atoms with van der Waals surface area (Å²) < 4.78 is 97.6. The van der Waals surface area contributed by atoms with E-state index in [1.807, 2.05) is 0 Å². The number of primary amides is 1. The fraction of sp³-hybridized carbons (Fsp3) is 0.238. The topological polar surface area (TPSA) is 196 Å². The molecule has 1 unspecified atom stereocenters. The molecule has 0 aliphatic rings. The van der Waals surface area contributed by atoms with Crippen LogP contribution in [0, 0.1) is 0 Å². The minimum atomic E-state index is -5.95. The Kier molecular flexibility index (Phi) is 10.2. The van der Waals surface area contributed by atoms with Gasteiger partial charge in [0.05, 0.1) is 6.54 Å². The number of hydrogen-bond acceptors (Lipinski definition) is 9. The molecule has 230 valence electrons. The normalized spacial score (nSPS) is 14.1. The quantitative estimate of drug-likeness (QED) is 0.126. The first-order valence-corrected chi connectivity index (χ1v) is 13.2. The molecule has 0 aliphatic carbocycles. The second kappa shape index (κ2) is 12.8. The summed E-state index contributed by atoms with van der Waals surface area (Å²) in [6.45, 7) is -2.35. The molecule has 2 atom stereocenters. The van der Waals surface area contributed by atoms with Crippen molar-refractivity contribution in [2.24, 2.45) is 5.73 Å². The predicted octanol–water partition coefficient (Wildman–Crippen LogP) is -1.08. The van der Waals surface area contributed by atoms with Gasteiger partial charge in [-0.1, -0.05) is 11.6 Å². The molecule has 0 saturated carbocycles. The maximum absolute atomic E-state index is 13.6. The molecule has 3 aromatic heterocycles. The number of phosphoric ester groups is 1. The van der Waals surface area contributed by atoms with E-state index in [2.05, 4.69) is 24.7 Å². The largest absolute Gasteiger partial charge is 1.00 e. The summed E-state index contributed by atoms with van der Waals surface area (Å²) in [4.78, 5) is 52.5. The summed E-state index contributed by atoms with van der Waals surface area (Å²) in [5.41, 5.74) is 2.61. The standard InChI is InChI=1S/C21H16ClF6N8O6P.Li/c22-11-5-3-10(4-6-11)16-33-35(19(38)34(16)8-13(21(26,27)28)42-43(39,40)41)9-14-31-18(15(29)37)36(32-14)17-12(20(23,24)25)2-1-7-30-17;/h1-7,13H,8-9H2,(H2,29,37)(H2,39,40,41);/q;+1/p-1/t13-;/m0./s1. The van der Waals surface area contributed by atoms with Gasteiger partial charge in [-0.15, -0.1) is 10.2 Å². The molecule has 0 bridgehead atoms. The summed E-state index contributed by atoms with van der Waals surface area (Å²) >= 11 is 5.84. The molecule has 1 amide bonds. The van der Waals surface area contributed by atoms with Crippen molar-refractivity contribution in [2.45, 2.75) is 31.5 Å². The Hall–Kier alpha value is -3.50. The molecule has 4 aromatic rings. The van der Waals surface area contributed by atoms with Crippen LogP contribution in [0.4, 0.5) is 26.3 Å². The average molecular weight is 663 g/mol. The van der Waals surface area contributed by atoms with E-state index < -0.39 is 79.8 Å². The number of aromatic nitrogens is 7. The summed E-state index contributed by atoms with van der Waals surface area (Å²) in [6, 6.07) is 6.74. The Morgan fingerprint density at radius 3 is 2.32 bits per heavy atom. The summed E-state index contributed by atoms with van der Waals surface area (Å²) in [5.74, 6) is -4.07. The molecular formula is C21H15ClF6LiN8O6P. The van der Waals surface area contributed by atoms with Gasteiger partial charge in [-0.2, -0.15) is 31.0 Å². The molecule has 44 heavy (non-hydrogen) atoms. The number of phosphoric acid groups is 1. The third-order valence-corrected chi connectivity index (χ3v) is 6.23. The first-order valence-electron chi connectivity index (χ1n) is 11.4. The molecular weight excluding hydrogens is 648 g/mol. The number of amides is 1. The van der Waals surface area contributed by atoms with Crippen molar-refractivity contribution in [3.05, 3.63) is 75.3 Å². The number of halogens is 7. The number of carbonyl (C=O) groups excluding carboxylic acids is 1. The minimum Gasteiger partial charge on any atom is -0.756 e. The molecule has 0 aliphatic heterocycles. The van der Waals surface area contributed by atoms with Crippen molar-refractivity contribution < 1.29 is 68.9 Å². The number of rotatable bonds is 9. The van der Waals surface area contributed by atoms with Gasteiger partial charge in [0.25, 0.3) is 13.7 Å². The Balaban J connectivity index is 0.00000529. The molecule has 23 heteroatoms. The summed E-state index contributed by atoms with van der Waals surface area (Å²) in [6.07, 6.45) is -12.6. The molecule has 14 nitrogen and oxygen atoms in total. The number of hydrogen-bond donors (Lipinski definition) is 2. The maximum Gasteiger partial charge on any atom is 1.00 e. The number of carbonyl (C=O) groups is 1. The molecule has 0 radical (unpaired) electrons. The van der Waals surface area contributed by atoms with Gasteiger partial charge in [-0.05, 0) is 36.4 Å². The Bertz CT molecular complexity index is 1770. The fourth-order valence-corrected chi connectivity index (χ4v) is 4.33. The van der Waals surface area contributed by atoms with Crippen LogP contribution >= 0.6 is 19.4 Å². The molecule has 4 rings (SSSR count). The average Bonchev–Trinajstić information content (AvgIpc) is 3.44. The summed E-state index contributed by atoms with van der Waals surface area (Å²) in [5, 5.41) is 7.92. The zero-order chi connectivity index (χ0) is 31.9. The van der Waals surface area contributed by atoms with Crippen LogP contribution in [0.5, 0.6) is 0 Å². The first-order chi connectivity index (χ1) is 19.8. The smallest absolute Gasteiger partial charge is 0.756 e. The Labute approximate surface area is 257 Å². The third-order valence-electron chi connectivity index (χ3n) is 5.45. The molecule has 0 saturated heterocycles. The van der Waals surface area contributed by atoms with Crippen LogP contribution in [0.2, 0.25) is 5.02 Å². The van der Waals surface area contributed by atoms with Crippen LogP contribution in [0.3, 0.4) is 0 Å². The van der Waals surface area contributed by atoms with E-state index in [9.17, 15) is 45.4 Å². The van der Waals surface area contributed by atoms with Gasteiger partial charge in [0.1, 0.15) is 12.1 Å². The van der Waals surface area contributed by atoms with E-state index in [1.165, 1.54) is 24.3 Å². The van der Waals surface area contributed by atoms with Crippen LogP contribution in [-0.2, 0) is 28.4 Å². The van der Waals surface area contributed by atoms with Crippen molar-refractivity contribution >= 4 is 25.3 Å². The van der Waals surface area contributed by atoms with Gasteiger partial charge < -0.3 is 20.0 Å². The fourth-order valence-electron chi connectivity index (χ4n) is 3.69. The van der Waals surface area contributed by atoms with E-state index >= 15 is 0 Å². The number of nitrogens with two attached hydrogens (primary N) is 1. The van der Waals surface area contributed by atoms with Gasteiger partial charge in [0, 0.05) is 16.8 Å². The Morgan fingerprint density at radius 2 is 1.77 bits per heavy atom. The van der Waals surface area contributed by atoms with E-state index in [-0.39, 0.29) is 29.4 Å². The molecule has 0 fully saturated rings. The van der Waals surface area contributed by atoms with E-state index in [0.717, 1.165) is 12.3 Å². The monoisotopic (exact) mass is 662 g/mol. The van der Waals surface area contributed by atoms with Gasteiger partial charge in [0.15, 0.2) is 23.6 Å². The number of alkyl halides is 6. The molecule has 3 heterocycles. The minimum absolute atomic E-state index is 0. The Morgan fingerprint density at radius 1 is 1.14 bits per heavy atom. The van der Waals surface area contributed by atoms with Crippen LogP contribution in [0.15, 0.2) is 47.4 Å². The van der Waals surface area contributed by atoms with Crippen LogP contribution < -0.4 is 35.2 Å². The second-order valence-corrected chi connectivity index (χ2v) is 10.1. The van der Waals surface area contributed by atoms with Crippen LogP contribution in [0.1, 0.15) is 22.0 Å². The number of benzene rings is 1. The third kappa shape index (κ3) is 7.95. The van der Waals surface area contributed by atoms with Gasteiger partial charge >= 0.3 is 36.9 Å². The van der Waals surface area contributed by atoms with E-state index in [1.54, 1.807) is 0 Å². The van der Waals surface area contributed by atoms with Gasteiger partial charge in [-0.25, -0.2) is 19.4 Å². The van der Waals surface area contributed by atoms with Crippen LogP contribution in [-0.4, -0.2) is 57.2 Å². The number of pyridine rings is 1. The second-order valence-electron chi connectivity index (χ2n) is 8.49. The van der Waals surface area contributed by atoms with Gasteiger partial charge in [0.2, 0.25) is 5.82 Å². The number of nitrogens with zero attached hydrogens (tertiary/aromatic N) is 7. The predicted molar refractivity (Wildman–Crippen MR) is 129 cm³/mol. The summed E-state index contributed by atoms with van der Waals surface area (Å²) in [7, 11) is -5.95. The van der Waals surface area contributed by atoms with Crippen molar-refractivity contribution in [3.8, 4) is 17.2 Å². The zero-order valence-electron chi connectivity index (χ0n) is 21.8. The van der Waals surface area contributed by atoms with Gasteiger partial charge in [-0.3, -0.25) is 13.9 Å². The maximum atomic E-state index is 13.6. The van der Waals surface area contributed by atoms with Crippen molar-refractivity contribution in [2.75, 3.05) is 0 Å². The molecule has 1 aromatic carbocycles. The molecule has 0 spiro atoms. The van der Waals surface area contributed by atoms with Crippen molar-refractivity contribution in [1.82, 2.24) is 34.1 Å². The van der Waals surface area contributed by atoms with E-state index in [0.29, 0.717) is 20.0 Å². The van der Waals surface area contributed by atoms with Crippen LogP contribution in [0.25, 0.3) is 17.2 Å². The molecule has 3 N–H and O–H groups in total. The van der Waals surface area contributed by atoms with Crippen molar-refractivity contribution in [3.63, 3.8) is 0 Å². The zero-order valence-corrected chi connectivity index (χ0v) is 23.5. The first kappa shape index (κ1) is 35.0. The van der Waals surface area contributed by atoms with E-state index in [4.69, 9.17) is 22.2 Å².